The van der Waals surface area contributed by atoms with Crippen molar-refractivity contribution in [2.45, 2.75) is 11.8 Å². The van der Waals surface area contributed by atoms with E-state index in [-0.39, 0.29) is 10.5 Å². The normalized spacial score (nSPS) is 15.7. The SMILES string of the molecule is C=C(C)C(=O)N1c2cccc3cccc(c23)S1(=O)=O. The topological polar surface area (TPSA) is 54.5 Å². The molecule has 2 aromatic carbocycles. The molecule has 0 saturated heterocycles. The van der Waals surface area contributed by atoms with Gasteiger partial charge in [0.1, 0.15) is 0 Å². The van der Waals surface area contributed by atoms with Gasteiger partial charge in [-0.2, -0.15) is 4.31 Å². The van der Waals surface area contributed by atoms with E-state index in [0.717, 1.165) is 9.69 Å². The molecule has 0 spiro atoms. The van der Waals surface area contributed by atoms with Crippen molar-refractivity contribution in [1.29, 1.82) is 0 Å². The lowest BCUT2D eigenvalue weighted by atomic mass is 10.1. The summed E-state index contributed by atoms with van der Waals surface area (Å²) in [5.74, 6) is -0.594. The van der Waals surface area contributed by atoms with Gasteiger partial charge in [0.2, 0.25) is 0 Å². The van der Waals surface area contributed by atoms with Gasteiger partial charge in [-0.3, -0.25) is 4.79 Å². The maximum Gasteiger partial charge on any atom is 0.271 e. The Morgan fingerprint density at radius 1 is 1.16 bits per heavy atom. The first-order chi connectivity index (χ1) is 8.94. The Kier molecular flexibility index (Phi) is 2.31. The minimum atomic E-state index is -3.82. The maximum absolute atomic E-state index is 12.5. The number of amides is 1. The molecule has 1 aliphatic heterocycles. The fourth-order valence-electron chi connectivity index (χ4n) is 2.29. The van der Waals surface area contributed by atoms with Crippen LogP contribution in [0.2, 0.25) is 0 Å². The summed E-state index contributed by atoms with van der Waals surface area (Å²) in [6.07, 6.45) is 0. The molecule has 3 rings (SSSR count). The van der Waals surface area contributed by atoms with Crippen molar-refractivity contribution in [3.05, 3.63) is 48.6 Å². The van der Waals surface area contributed by atoms with Gasteiger partial charge in [0.25, 0.3) is 15.9 Å². The van der Waals surface area contributed by atoms with Crippen molar-refractivity contribution < 1.29 is 13.2 Å². The van der Waals surface area contributed by atoms with Gasteiger partial charge in [0.15, 0.2) is 0 Å². The summed E-state index contributed by atoms with van der Waals surface area (Å²) in [6.45, 7) is 5.04. The standard InChI is InChI=1S/C14H11NO3S/c1-9(2)14(16)15-11-7-3-5-10-6-4-8-12(13(10)11)19(15,17)18/h3-8H,1H2,2H3. The molecule has 1 aliphatic rings. The lowest BCUT2D eigenvalue weighted by Crippen LogP contribution is -2.34. The van der Waals surface area contributed by atoms with Gasteiger partial charge in [0.05, 0.1) is 10.6 Å². The third kappa shape index (κ3) is 1.45. The minimum absolute atomic E-state index is 0.176. The molecule has 2 aromatic rings. The van der Waals surface area contributed by atoms with Gasteiger partial charge in [-0.1, -0.05) is 30.8 Å². The second-order valence-corrected chi connectivity index (χ2v) is 6.24. The van der Waals surface area contributed by atoms with Gasteiger partial charge in [-0.15, -0.1) is 0 Å². The Balaban J connectivity index is 2.43. The van der Waals surface area contributed by atoms with Crippen LogP contribution in [0.5, 0.6) is 0 Å². The van der Waals surface area contributed by atoms with E-state index in [9.17, 15) is 13.2 Å². The molecule has 0 aliphatic carbocycles. The molecule has 0 radical (unpaired) electrons. The van der Waals surface area contributed by atoms with E-state index in [1.807, 2.05) is 12.1 Å². The molecular weight excluding hydrogens is 262 g/mol. The van der Waals surface area contributed by atoms with E-state index >= 15 is 0 Å². The van der Waals surface area contributed by atoms with Gasteiger partial charge in [0, 0.05) is 11.0 Å². The van der Waals surface area contributed by atoms with E-state index in [2.05, 4.69) is 6.58 Å². The molecule has 5 heteroatoms. The first-order valence-corrected chi connectivity index (χ1v) is 7.15. The molecule has 0 saturated carbocycles. The van der Waals surface area contributed by atoms with E-state index in [1.165, 1.54) is 13.0 Å². The van der Waals surface area contributed by atoms with Crippen molar-refractivity contribution in [3.63, 3.8) is 0 Å². The summed E-state index contributed by atoms with van der Waals surface area (Å²) in [4.78, 5) is 12.3. The zero-order valence-electron chi connectivity index (χ0n) is 10.3. The average Bonchev–Trinajstić information content (AvgIpc) is 2.59. The van der Waals surface area contributed by atoms with Gasteiger partial charge < -0.3 is 0 Å². The van der Waals surface area contributed by atoms with Crippen LogP contribution in [-0.4, -0.2) is 14.3 Å². The lowest BCUT2D eigenvalue weighted by Gasteiger charge is -2.16. The Labute approximate surface area is 111 Å². The number of carbonyl (C=O) groups excluding carboxylic acids is 1. The summed E-state index contributed by atoms with van der Waals surface area (Å²) in [6, 6.07) is 10.2. The maximum atomic E-state index is 12.5. The predicted octanol–water partition coefficient (Wildman–Crippen LogP) is 2.45. The third-order valence-corrected chi connectivity index (χ3v) is 4.87. The Hall–Kier alpha value is -2.14. The van der Waals surface area contributed by atoms with Gasteiger partial charge in [-0.05, 0) is 24.4 Å². The molecule has 0 N–H and O–H groups in total. The van der Waals surface area contributed by atoms with Crippen LogP contribution in [0, 0.1) is 0 Å². The molecular formula is C14H11NO3S. The van der Waals surface area contributed by atoms with Crippen molar-refractivity contribution >= 4 is 32.4 Å². The molecule has 1 amide bonds. The van der Waals surface area contributed by atoms with Crippen LogP contribution in [-0.2, 0) is 14.8 Å². The Morgan fingerprint density at radius 2 is 1.79 bits per heavy atom. The summed E-state index contributed by atoms with van der Waals surface area (Å²) in [5.41, 5.74) is 0.592. The van der Waals surface area contributed by atoms with Crippen molar-refractivity contribution in [2.75, 3.05) is 4.31 Å². The molecule has 19 heavy (non-hydrogen) atoms. The first kappa shape index (κ1) is 11.9. The predicted molar refractivity (Wildman–Crippen MR) is 73.4 cm³/mol. The quantitative estimate of drug-likeness (QED) is 0.750. The second-order valence-electron chi connectivity index (χ2n) is 4.49. The highest BCUT2D eigenvalue weighted by Crippen LogP contribution is 2.42. The van der Waals surface area contributed by atoms with Gasteiger partial charge in [-0.25, -0.2) is 8.42 Å². The first-order valence-electron chi connectivity index (χ1n) is 5.71. The fourth-order valence-corrected chi connectivity index (χ4v) is 4.00. The monoisotopic (exact) mass is 273 g/mol. The smallest absolute Gasteiger partial charge is 0.268 e. The van der Waals surface area contributed by atoms with E-state index < -0.39 is 15.9 Å². The summed E-state index contributed by atoms with van der Waals surface area (Å²) in [5, 5.41) is 1.40. The highest BCUT2D eigenvalue weighted by Gasteiger charge is 2.39. The zero-order chi connectivity index (χ0) is 13.8. The highest BCUT2D eigenvalue weighted by molar-refractivity contribution is 7.94. The van der Waals surface area contributed by atoms with Crippen LogP contribution in [0.1, 0.15) is 6.92 Å². The number of anilines is 1. The van der Waals surface area contributed by atoms with Crippen LogP contribution in [0.4, 0.5) is 5.69 Å². The van der Waals surface area contributed by atoms with E-state index in [0.29, 0.717) is 11.1 Å². The van der Waals surface area contributed by atoms with Crippen molar-refractivity contribution in [3.8, 4) is 0 Å². The Bertz CT molecular complexity index is 832. The Morgan fingerprint density at radius 3 is 2.42 bits per heavy atom. The van der Waals surface area contributed by atoms with E-state index in [1.54, 1.807) is 18.2 Å². The largest absolute Gasteiger partial charge is 0.271 e. The number of benzene rings is 2. The molecule has 0 aromatic heterocycles. The molecule has 0 atom stereocenters. The number of rotatable bonds is 1. The van der Waals surface area contributed by atoms with Crippen LogP contribution >= 0.6 is 0 Å². The van der Waals surface area contributed by atoms with Crippen molar-refractivity contribution in [2.24, 2.45) is 0 Å². The third-order valence-electron chi connectivity index (χ3n) is 3.13. The minimum Gasteiger partial charge on any atom is -0.268 e. The van der Waals surface area contributed by atoms with Gasteiger partial charge >= 0.3 is 0 Å². The molecule has 0 bridgehead atoms. The average molecular weight is 273 g/mol. The van der Waals surface area contributed by atoms with Crippen LogP contribution in [0.15, 0.2) is 53.4 Å². The van der Waals surface area contributed by atoms with Crippen LogP contribution in [0.25, 0.3) is 10.8 Å². The molecule has 96 valence electrons. The number of carbonyl (C=O) groups is 1. The lowest BCUT2D eigenvalue weighted by molar-refractivity contribution is -0.113. The van der Waals surface area contributed by atoms with Crippen LogP contribution in [0.3, 0.4) is 0 Å². The fraction of sp³-hybridized carbons (Fsp3) is 0.0714. The number of sulfonamides is 1. The van der Waals surface area contributed by atoms with E-state index in [4.69, 9.17) is 0 Å². The molecule has 1 heterocycles. The second kappa shape index (κ2) is 3.68. The molecule has 0 unspecified atom stereocenters. The number of nitrogens with zero attached hydrogens (tertiary/aromatic N) is 1. The zero-order valence-corrected chi connectivity index (χ0v) is 11.1. The van der Waals surface area contributed by atoms with Crippen molar-refractivity contribution in [1.82, 2.24) is 0 Å². The summed E-state index contributed by atoms with van der Waals surface area (Å²) >= 11 is 0. The summed E-state index contributed by atoms with van der Waals surface area (Å²) in [7, 11) is -3.82. The highest BCUT2D eigenvalue weighted by atomic mass is 32.2. The summed E-state index contributed by atoms with van der Waals surface area (Å²) < 4.78 is 25.8. The molecule has 4 nitrogen and oxygen atoms in total. The van der Waals surface area contributed by atoms with Crippen LogP contribution < -0.4 is 4.31 Å². The number of hydrogen-bond donors (Lipinski definition) is 0. The molecule has 0 fully saturated rings. The number of hydrogen-bond acceptors (Lipinski definition) is 3.